The van der Waals surface area contributed by atoms with Gasteiger partial charge in [-0.1, -0.05) is 47.5 Å². The molecular weight excluding hydrogens is 241 g/mol. The van der Waals surface area contributed by atoms with Gasteiger partial charge in [0.1, 0.15) is 0 Å². The molecule has 0 saturated heterocycles. The van der Waals surface area contributed by atoms with E-state index >= 15 is 0 Å². The minimum absolute atomic E-state index is 0.713. The Morgan fingerprint density at radius 2 is 1.75 bits per heavy atom. The van der Waals surface area contributed by atoms with E-state index in [1.807, 2.05) is 48.5 Å². The largest absolute Gasteiger partial charge is 0.380 e. The third kappa shape index (κ3) is 2.91. The van der Waals surface area contributed by atoms with E-state index in [0.29, 0.717) is 6.54 Å². The number of hydrogen-bond acceptors (Lipinski definition) is 1. The van der Waals surface area contributed by atoms with Crippen LogP contribution in [0.25, 0.3) is 0 Å². The van der Waals surface area contributed by atoms with E-state index in [2.05, 4.69) is 5.32 Å². The van der Waals surface area contributed by atoms with Crippen LogP contribution in [-0.4, -0.2) is 0 Å². The molecule has 0 saturated carbocycles. The Bertz CT molecular complexity index is 483. The highest BCUT2D eigenvalue weighted by Crippen LogP contribution is 2.21. The summed E-state index contributed by atoms with van der Waals surface area (Å²) in [4.78, 5) is 0. The average molecular weight is 252 g/mol. The zero-order valence-corrected chi connectivity index (χ0v) is 10.1. The van der Waals surface area contributed by atoms with Gasteiger partial charge in [0.15, 0.2) is 0 Å². The molecular formula is C13H11Cl2N. The second-order valence-electron chi connectivity index (χ2n) is 3.46. The van der Waals surface area contributed by atoms with Crippen LogP contribution in [0.15, 0.2) is 48.5 Å². The molecule has 0 aliphatic heterocycles. The maximum absolute atomic E-state index is 6.03. The van der Waals surface area contributed by atoms with E-state index < -0.39 is 0 Å². The lowest BCUT2D eigenvalue weighted by Gasteiger charge is -2.08. The first-order valence-corrected chi connectivity index (χ1v) is 5.74. The summed E-state index contributed by atoms with van der Waals surface area (Å²) in [5.41, 5.74) is 2.07. The summed E-state index contributed by atoms with van der Waals surface area (Å²) in [5, 5.41) is 4.74. The van der Waals surface area contributed by atoms with Crippen LogP contribution in [0.5, 0.6) is 0 Å². The number of benzene rings is 2. The fourth-order valence-electron chi connectivity index (χ4n) is 1.45. The molecule has 1 nitrogen and oxygen atoms in total. The van der Waals surface area contributed by atoms with Crippen molar-refractivity contribution < 1.29 is 0 Å². The average Bonchev–Trinajstić information content (AvgIpc) is 2.28. The van der Waals surface area contributed by atoms with Gasteiger partial charge in [-0.2, -0.15) is 0 Å². The Morgan fingerprint density at radius 1 is 0.938 bits per heavy atom. The Kier molecular flexibility index (Phi) is 3.70. The standard InChI is InChI=1S/C13H11Cl2N/c14-11-5-3-4-10(8-11)9-16-13-7-2-1-6-12(13)15/h1-8,16H,9H2. The summed E-state index contributed by atoms with van der Waals surface area (Å²) < 4.78 is 0. The highest BCUT2D eigenvalue weighted by atomic mass is 35.5. The highest BCUT2D eigenvalue weighted by molar-refractivity contribution is 6.33. The molecule has 0 aliphatic carbocycles. The normalized spacial score (nSPS) is 10.1. The second-order valence-corrected chi connectivity index (χ2v) is 4.31. The Balaban J connectivity index is 2.05. The van der Waals surface area contributed by atoms with Crippen LogP contribution in [-0.2, 0) is 6.54 Å². The van der Waals surface area contributed by atoms with Crippen molar-refractivity contribution in [3.63, 3.8) is 0 Å². The summed E-state index contributed by atoms with van der Waals surface area (Å²) in [5.74, 6) is 0. The van der Waals surface area contributed by atoms with Gasteiger partial charge >= 0.3 is 0 Å². The summed E-state index contributed by atoms with van der Waals surface area (Å²) in [6.45, 7) is 0.713. The molecule has 2 aromatic carbocycles. The Hall–Kier alpha value is -1.18. The molecule has 0 aliphatic rings. The fourth-order valence-corrected chi connectivity index (χ4v) is 1.86. The predicted molar refractivity (Wildman–Crippen MR) is 70.2 cm³/mol. The molecule has 82 valence electrons. The van der Waals surface area contributed by atoms with Crippen molar-refractivity contribution in [3.05, 3.63) is 64.1 Å². The summed E-state index contributed by atoms with van der Waals surface area (Å²) in [6, 6.07) is 15.4. The van der Waals surface area contributed by atoms with Gasteiger partial charge in [-0.3, -0.25) is 0 Å². The number of rotatable bonds is 3. The lowest BCUT2D eigenvalue weighted by molar-refractivity contribution is 1.15. The lowest BCUT2D eigenvalue weighted by atomic mass is 10.2. The van der Waals surface area contributed by atoms with E-state index in [1.165, 1.54) is 0 Å². The van der Waals surface area contributed by atoms with Crippen LogP contribution in [0.2, 0.25) is 10.0 Å². The minimum Gasteiger partial charge on any atom is -0.380 e. The first kappa shape index (κ1) is 11.3. The predicted octanol–water partition coefficient (Wildman–Crippen LogP) is 4.61. The maximum atomic E-state index is 6.03. The van der Waals surface area contributed by atoms with E-state index in [9.17, 15) is 0 Å². The van der Waals surface area contributed by atoms with Gasteiger partial charge in [0.05, 0.1) is 10.7 Å². The molecule has 0 amide bonds. The SMILES string of the molecule is Clc1cccc(CNc2ccccc2Cl)c1. The van der Waals surface area contributed by atoms with Gasteiger partial charge in [0, 0.05) is 11.6 Å². The molecule has 3 heteroatoms. The van der Waals surface area contributed by atoms with Crippen molar-refractivity contribution in [2.45, 2.75) is 6.54 Å². The molecule has 2 aromatic rings. The van der Waals surface area contributed by atoms with Gasteiger partial charge in [0.2, 0.25) is 0 Å². The molecule has 16 heavy (non-hydrogen) atoms. The quantitative estimate of drug-likeness (QED) is 0.841. The van der Waals surface area contributed by atoms with Crippen molar-refractivity contribution in [3.8, 4) is 0 Å². The van der Waals surface area contributed by atoms with Crippen molar-refractivity contribution >= 4 is 28.9 Å². The Morgan fingerprint density at radius 3 is 2.50 bits per heavy atom. The number of nitrogens with one attached hydrogen (secondary N) is 1. The Labute approximate surface area is 105 Å². The third-order valence-corrected chi connectivity index (χ3v) is 2.81. The van der Waals surface area contributed by atoms with Crippen molar-refractivity contribution in [2.75, 3.05) is 5.32 Å². The zero-order valence-electron chi connectivity index (χ0n) is 8.58. The molecule has 0 heterocycles. The van der Waals surface area contributed by atoms with Gasteiger partial charge in [-0.25, -0.2) is 0 Å². The molecule has 0 bridgehead atoms. The number of anilines is 1. The second kappa shape index (κ2) is 5.24. The van der Waals surface area contributed by atoms with Gasteiger partial charge in [-0.05, 0) is 29.8 Å². The van der Waals surface area contributed by atoms with E-state index in [0.717, 1.165) is 21.3 Å². The maximum Gasteiger partial charge on any atom is 0.0637 e. The highest BCUT2D eigenvalue weighted by Gasteiger charge is 1.98. The van der Waals surface area contributed by atoms with Gasteiger partial charge in [-0.15, -0.1) is 0 Å². The van der Waals surface area contributed by atoms with Gasteiger partial charge in [0.25, 0.3) is 0 Å². The third-order valence-electron chi connectivity index (χ3n) is 2.25. The lowest BCUT2D eigenvalue weighted by Crippen LogP contribution is -1.99. The molecule has 0 aromatic heterocycles. The van der Waals surface area contributed by atoms with Crippen molar-refractivity contribution in [1.82, 2.24) is 0 Å². The number of halogens is 2. The van der Waals surface area contributed by atoms with Crippen molar-refractivity contribution in [1.29, 1.82) is 0 Å². The molecule has 0 atom stereocenters. The van der Waals surface area contributed by atoms with Gasteiger partial charge < -0.3 is 5.32 Å². The minimum atomic E-state index is 0.713. The van der Waals surface area contributed by atoms with Crippen LogP contribution in [0.1, 0.15) is 5.56 Å². The van der Waals surface area contributed by atoms with E-state index in [4.69, 9.17) is 23.2 Å². The summed E-state index contributed by atoms with van der Waals surface area (Å²) in [7, 11) is 0. The first-order chi connectivity index (χ1) is 7.75. The van der Waals surface area contributed by atoms with Crippen LogP contribution in [0.4, 0.5) is 5.69 Å². The summed E-state index contributed by atoms with van der Waals surface area (Å²) >= 11 is 11.9. The topological polar surface area (TPSA) is 12.0 Å². The monoisotopic (exact) mass is 251 g/mol. The summed E-state index contributed by atoms with van der Waals surface area (Å²) in [6.07, 6.45) is 0. The molecule has 0 fully saturated rings. The molecule has 2 rings (SSSR count). The van der Waals surface area contributed by atoms with E-state index in [-0.39, 0.29) is 0 Å². The molecule has 1 N–H and O–H groups in total. The van der Waals surface area contributed by atoms with Crippen LogP contribution < -0.4 is 5.32 Å². The van der Waals surface area contributed by atoms with Crippen molar-refractivity contribution in [2.24, 2.45) is 0 Å². The zero-order chi connectivity index (χ0) is 11.4. The molecule has 0 unspecified atom stereocenters. The molecule has 0 radical (unpaired) electrons. The fraction of sp³-hybridized carbons (Fsp3) is 0.0769. The number of para-hydroxylation sites is 1. The first-order valence-electron chi connectivity index (χ1n) is 4.98. The molecule has 0 spiro atoms. The number of hydrogen-bond donors (Lipinski definition) is 1. The smallest absolute Gasteiger partial charge is 0.0637 e. The van der Waals surface area contributed by atoms with Crippen LogP contribution in [0.3, 0.4) is 0 Å². The van der Waals surface area contributed by atoms with E-state index in [1.54, 1.807) is 0 Å². The van der Waals surface area contributed by atoms with Crippen LogP contribution in [0, 0.1) is 0 Å². The van der Waals surface area contributed by atoms with Crippen LogP contribution >= 0.6 is 23.2 Å².